The number of carbonyl (C=O) groups excluding carboxylic acids is 1. The summed E-state index contributed by atoms with van der Waals surface area (Å²) in [5, 5.41) is 4.11. The van der Waals surface area contributed by atoms with Crippen molar-refractivity contribution in [1.29, 1.82) is 0 Å². The summed E-state index contributed by atoms with van der Waals surface area (Å²) in [7, 11) is 1.80. The minimum Gasteiger partial charge on any atom is -0.463 e. The predicted octanol–water partition coefficient (Wildman–Crippen LogP) is 1.84. The molecule has 0 radical (unpaired) electrons. The van der Waals surface area contributed by atoms with E-state index in [0.29, 0.717) is 24.2 Å². The Kier molecular flexibility index (Phi) is 3.94. The molecule has 132 valence electrons. The molecule has 0 spiro atoms. The monoisotopic (exact) mass is 341 g/mol. The van der Waals surface area contributed by atoms with Crippen molar-refractivity contribution in [3.63, 3.8) is 0 Å². The van der Waals surface area contributed by atoms with Crippen LogP contribution in [0.15, 0.2) is 24.7 Å². The highest BCUT2D eigenvalue weighted by Gasteiger charge is 2.51. The van der Waals surface area contributed by atoms with Crippen LogP contribution in [-0.2, 0) is 7.05 Å². The third-order valence-corrected chi connectivity index (χ3v) is 5.61. The number of likely N-dealkylation sites (tertiary alicyclic amines) is 1. The number of nitrogens with zero attached hydrogens (tertiary/aromatic N) is 5. The van der Waals surface area contributed by atoms with Crippen molar-refractivity contribution in [2.45, 2.75) is 26.2 Å². The first-order valence-corrected chi connectivity index (χ1v) is 8.76. The summed E-state index contributed by atoms with van der Waals surface area (Å²) in [4.78, 5) is 23.2. The fourth-order valence-electron chi connectivity index (χ4n) is 4.21. The number of rotatable bonds is 4. The van der Waals surface area contributed by atoms with E-state index >= 15 is 0 Å². The third-order valence-electron chi connectivity index (χ3n) is 5.61. The van der Waals surface area contributed by atoms with Gasteiger partial charge < -0.3 is 9.64 Å². The van der Waals surface area contributed by atoms with Gasteiger partial charge in [-0.15, -0.1) is 0 Å². The van der Waals surface area contributed by atoms with E-state index in [-0.39, 0.29) is 11.3 Å². The smallest absolute Gasteiger partial charge is 0.316 e. The molecule has 7 heteroatoms. The molecule has 2 aromatic rings. The first-order chi connectivity index (χ1) is 12.1. The van der Waals surface area contributed by atoms with Gasteiger partial charge in [0.05, 0.1) is 6.61 Å². The van der Waals surface area contributed by atoms with Gasteiger partial charge in [-0.25, -0.2) is 9.97 Å². The molecule has 25 heavy (non-hydrogen) atoms. The van der Waals surface area contributed by atoms with Crippen LogP contribution < -0.4 is 4.74 Å². The average Bonchev–Trinajstić information content (AvgIpc) is 3.27. The predicted molar refractivity (Wildman–Crippen MR) is 91.1 cm³/mol. The Labute approximate surface area is 147 Å². The van der Waals surface area contributed by atoms with Crippen molar-refractivity contribution in [3.8, 4) is 6.01 Å². The zero-order valence-electron chi connectivity index (χ0n) is 14.7. The number of amides is 1. The molecule has 2 fully saturated rings. The van der Waals surface area contributed by atoms with Crippen LogP contribution in [0.5, 0.6) is 6.01 Å². The molecule has 3 heterocycles. The van der Waals surface area contributed by atoms with Crippen LogP contribution in [0.1, 0.15) is 35.3 Å². The van der Waals surface area contributed by atoms with Crippen molar-refractivity contribution >= 4 is 5.91 Å². The molecule has 2 unspecified atom stereocenters. The van der Waals surface area contributed by atoms with Gasteiger partial charge in [-0.1, -0.05) is 6.42 Å². The SMILES string of the molecule is Cc1cnc(OCC23CCCC2CN(C(=O)c2ccnn2C)C3)nc1. The van der Waals surface area contributed by atoms with E-state index in [4.69, 9.17) is 4.74 Å². The van der Waals surface area contributed by atoms with Crippen LogP contribution in [0.25, 0.3) is 0 Å². The second-order valence-corrected chi connectivity index (χ2v) is 7.31. The number of hydrogen-bond acceptors (Lipinski definition) is 5. The van der Waals surface area contributed by atoms with Crippen LogP contribution in [0.3, 0.4) is 0 Å². The molecule has 0 aromatic carbocycles. The quantitative estimate of drug-likeness (QED) is 0.848. The highest BCUT2D eigenvalue weighted by Crippen LogP contribution is 2.49. The Balaban J connectivity index is 1.47. The second-order valence-electron chi connectivity index (χ2n) is 7.31. The van der Waals surface area contributed by atoms with E-state index in [2.05, 4.69) is 15.1 Å². The van der Waals surface area contributed by atoms with Gasteiger partial charge in [0.15, 0.2) is 0 Å². The van der Waals surface area contributed by atoms with Gasteiger partial charge in [-0.3, -0.25) is 9.48 Å². The zero-order valence-corrected chi connectivity index (χ0v) is 14.7. The molecule has 2 aromatic heterocycles. The maximum atomic E-state index is 12.8. The van der Waals surface area contributed by atoms with E-state index in [1.165, 1.54) is 6.42 Å². The molecule has 1 saturated carbocycles. The highest BCUT2D eigenvalue weighted by atomic mass is 16.5. The minimum absolute atomic E-state index is 0.0164. The summed E-state index contributed by atoms with van der Waals surface area (Å²) in [6.45, 7) is 4.04. The zero-order chi connectivity index (χ0) is 17.4. The summed E-state index contributed by atoms with van der Waals surface area (Å²) in [5.41, 5.74) is 1.67. The molecule has 1 aliphatic heterocycles. The molecular formula is C18H23N5O2. The highest BCUT2D eigenvalue weighted by molar-refractivity contribution is 5.92. The standard InChI is InChI=1S/C18H23N5O2/c1-13-8-19-17(20-9-13)25-12-18-6-3-4-14(18)10-23(11-18)16(24)15-5-7-21-22(15)2/h5,7-9,14H,3-4,6,10-12H2,1-2H3. The third kappa shape index (κ3) is 2.88. The Morgan fingerprint density at radius 2 is 2.20 bits per heavy atom. The van der Waals surface area contributed by atoms with Crippen LogP contribution in [-0.4, -0.2) is 50.3 Å². The summed E-state index contributed by atoms with van der Waals surface area (Å²) in [5.74, 6) is 0.537. The van der Waals surface area contributed by atoms with E-state index < -0.39 is 0 Å². The van der Waals surface area contributed by atoms with Crippen molar-refractivity contribution in [2.24, 2.45) is 18.4 Å². The molecule has 1 saturated heterocycles. The number of hydrogen-bond donors (Lipinski definition) is 0. The van der Waals surface area contributed by atoms with Crippen molar-refractivity contribution in [1.82, 2.24) is 24.6 Å². The Hall–Kier alpha value is -2.44. The minimum atomic E-state index is 0.0164. The van der Waals surface area contributed by atoms with Crippen LogP contribution in [0, 0.1) is 18.3 Å². The summed E-state index contributed by atoms with van der Waals surface area (Å²) in [6, 6.07) is 2.20. The fraction of sp³-hybridized carbons (Fsp3) is 0.556. The summed E-state index contributed by atoms with van der Waals surface area (Å²) >= 11 is 0. The van der Waals surface area contributed by atoms with E-state index in [0.717, 1.165) is 31.5 Å². The van der Waals surface area contributed by atoms with Gasteiger partial charge in [0, 0.05) is 44.1 Å². The Bertz CT molecular complexity index is 772. The van der Waals surface area contributed by atoms with Crippen LogP contribution >= 0.6 is 0 Å². The maximum Gasteiger partial charge on any atom is 0.316 e. The molecule has 1 amide bonds. The molecule has 7 nitrogen and oxygen atoms in total. The molecular weight excluding hydrogens is 318 g/mol. The maximum absolute atomic E-state index is 12.8. The average molecular weight is 341 g/mol. The first kappa shape index (κ1) is 16.1. The van der Waals surface area contributed by atoms with Gasteiger partial charge in [0.1, 0.15) is 5.69 Å². The lowest BCUT2D eigenvalue weighted by Gasteiger charge is -2.28. The number of aryl methyl sites for hydroxylation is 2. The molecule has 2 atom stereocenters. The molecule has 4 rings (SSSR count). The van der Waals surface area contributed by atoms with E-state index in [1.54, 1.807) is 36.4 Å². The summed E-state index contributed by atoms with van der Waals surface area (Å²) in [6.07, 6.45) is 8.61. The van der Waals surface area contributed by atoms with Crippen LogP contribution in [0.2, 0.25) is 0 Å². The number of fused-ring (bicyclic) bond motifs is 1. The second kappa shape index (κ2) is 6.13. The van der Waals surface area contributed by atoms with Gasteiger partial charge >= 0.3 is 6.01 Å². The number of ether oxygens (including phenoxy) is 1. The van der Waals surface area contributed by atoms with Gasteiger partial charge in [0.25, 0.3) is 5.91 Å². The Morgan fingerprint density at radius 3 is 2.92 bits per heavy atom. The number of aromatic nitrogens is 4. The number of carbonyl (C=O) groups is 1. The van der Waals surface area contributed by atoms with E-state index in [9.17, 15) is 4.79 Å². The Morgan fingerprint density at radius 1 is 1.40 bits per heavy atom. The lowest BCUT2D eigenvalue weighted by Crippen LogP contribution is -2.36. The summed E-state index contributed by atoms with van der Waals surface area (Å²) < 4.78 is 7.55. The first-order valence-electron chi connectivity index (χ1n) is 8.76. The lowest BCUT2D eigenvalue weighted by molar-refractivity contribution is 0.0732. The van der Waals surface area contributed by atoms with Crippen LogP contribution in [0.4, 0.5) is 0 Å². The van der Waals surface area contributed by atoms with Crippen molar-refractivity contribution in [3.05, 3.63) is 35.9 Å². The topological polar surface area (TPSA) is 73.1 Å². The largest absolute Gasteiger partial charge is 0.463 e. The van der Waals surface area contributed by atoms with E-state index in [1.807, 2.05) is 11.8 Å². The molecule has 1 aliphatic carbocycles. The molecule has 0 bridgehead atoms. The van der Waals surface area contributed by atoms with Crippen molar-refractivity contribution in [2.75, 3.05) is 19.7 Å². The van der Waals surface area contributed by atoms with Crippen molar-refractivity contribution < 1.29 is 9.53 Å². The van der Waals surface area contributed by atoms with Gasteiger partial charge in [-0.2, -0.15) is 5.10 Å². The molecule has 0 N–H and O–H groups in total. The molecule has 2 aliphatic rings. The lowest BCUT2D eigenvalue weighted by atomic mass is 9.82. The normalized spacial score (nSPS) is 25.2. The van der Waals surface area contributed by atoms with Gasteiger partial charge in [0.2, 0.25) is 0 Å². The fourth-order valence-corrected chi connectivity index (χ4v) is 4.21. The van der Waals surface area contributed by atoms with Gasteiger partial charge in [-0.05, 0) is 37.3 Å².